The average Bonchev–Trinajstić information content (AvgIpc) is 3.70. The Bertz CT molecular complexity index is 1140. The quantitative estimate of drug-likeness (QED) is 0.503. The van der Waals surface area contributed by atoms with Crippen LogP contribution in [0.4, 0.5) is 5.69 Å². The Labute approximate surface area is 228 Å². The normalized spacial score (nSPS) is 20.9. The zero-order valence-electron chi connectivity index (χ0n) is 21.5. The number of nitrogens with zero attached hydrogens (tertiary/aromatic N) is 2. The number of ether oxygens (including phenoxy) is 1. The van der Waals surface area contributed by atoms with Crippen LogP contribution >= 0.6 is 23.2 Å². The lowest BCUT2D eigenvalue weighted by molar-refractivity contribution is -0.134. The van der Waals surface area contributed by atoms with E-state index in [0.29, 0.717) is 41.1 Å². The van der Waals surface area contributed by atoms with E-state index in [1.165, 1.54) is 0 Å². The van der Waals surface area contributed by atoms with Crippen molar-refractivity contribution >= 4 is 40.7 Å². The summed E-state index contributed by atoms with van der Waals surface area (Å²) < 4.78 is 6.57. The number of halogens is 2. The van der Waals surface area contributed by atoms with Gasteiger partial charge < -0.3 is 20.1 Å². The van der Waals surface area contributed by atoms with Crippen molar-refractivity contribution in [1.29, 1.82) is 0 Å². The monoisotopic (exact) mass is 547 g/mol. The molecule has 2 aromatic carbocycles. The molecule has 3 atom stereocenters. The number of carbonyl (C=O) groups is 2. The molecule has 7 nitrogen and oxygen atoms in total. The Morgan fingerprint density at radius 3 is 2.65 bits per heavy atom. The molecule has 0 aromatic heterocycles. The fourth-order valence-corrected chi connectivity index (χ4v) is 4.96. The lowest BCUT2D eigenvalue weighted by atomic mass is 10.0. The molecule has 1 fully saturated rings. The minimum atomic E-state index is -0.316. The number of anilines is 1. The molecule has 1 aliphatic heterocycles. The molecule has 0 saturated heterocycles. The van der Waals surface area contributed by atoms with E-state index >= 15 is 0 Å². The van der Waals surface area contributed by atoms with E-state index in [4.69, 9.17) is 27.9 Å². The van der Waals surface area contributed by atoms with Gasteiger partial charge >= 0.3 is 0 Å². The first-order valence-corrected chi connectivity index (χ1v) is 13.5. The first-order valence-electron chi connectivity index (χ1n) is 12.8. The molecule has 2 N–H and O–H groups in total. The van der Waals surface area contributed by atoms with Gasteiger partial charge in [-0.05, 0) is 62.7 Å². The van der Waals surface area contributed by atoms with E-state index < -0.39 is 0 Å². The molecule has 0 unspecified atom stereocenters. The molecule has 2 aliphatic rings. The molecular formula is C28H35Cl2N3O4. The maximum absolute atomic E-state index is 13.3. The predicted molar refractivity (Wildman–Crippen MR) is 146 cm³/mol. The molecule has 0 spiro atoms. The summed E-state index contributed by atoms with van der Waals surface area (Å²) in [5.74, 6) is 0.653. The van der Waals surface area contributed by atoms with Gasteiger partial charge in [0.25, 0.3) is 0 Å². The minimum absolute atomic E-state index is 0.00518. The summed E-state index contributed by atoms with van der Waals surface area (Å²) >= 11 is 12.3. The third-order valence-electron chi connectivity index (χ3n) is 7.06. The van der Waals surface area contributed by atoms with Gasteiger partial charge in [-0.25, -0.2) is 0 Å². The van der Waals surface area contributed by atoms with E-state index in [2.05, 4.69) is 17.1 Å². The summed E-state index contributed by atoms with van der Waals surface area (Å²) in [5.41, 5.74) is 2.42. The summed E-state index contributed by atoms with van der Waals surface area (Å²) in [7, 11) is 2.02. The number of aliphatic hydroxyl groups excluding tert-OH is 1. The van der Waals surface area contributed by atoms with E-state index in [1.54, 1.807) is 11.0 Å². The zero-order chi connectivity index (χ0) is 26.7. The van der Waals surface area contributed by atoms with Crippen molar-refractivity contribution in [3.05, 3.63) is 57.6 Å². The van der Waals surface area contributed by atoms with Gasteiger partial charge in [-0.2, -0.15) is 0 Å². The number of rotatable bonds is 8. The maximum Gasteiger partial charge on any atom is 0.227 e. The molecule has 1 saturated carbocycles. The van der Waals surface area contributed by atoms with Gasteiger partial charge in [0.15, 0.2) is 0 Å². The molecule has 2 amide bonds. The Balaban J connectivity index is 1.58. The third kappa shape index (κ3) is 7.17. The second-order valence-corrected chi connectivity index (χ2v) is 11.2. The topological polar surface area (TPSA) is 82.1 Å². The molecule has 4 rings (SSSR count). The van der Waals surface area contributed by atoms with Crippen LogP contribution in [0.25, 0.3) is 0 Å². The van der Waals surface area contributed by atoms with Gasteiger partial charge in [-0.15, -0.1) is 0 Å². The van der Waals surface area contributed by atoms with E-state index in [0.717, 1.165) is 24.0 Å². The zero-order valence-corrected chi connectivity index (χ0v) is 23.1. The maximum atomic E-state index is 13.3. The van der Waals surface area contributed by atoms with Crippen molar-refractivity contribution < 1.29 is 19.4 Å². The highest BCUT2D eigenvalue weighted by Gasteiger charge is 2.32. The molecule has 0 radical (unpaired) electrons. The van der Waals surface area contributed by atoms with Crippen LogP contribution in [-0.2, 0) is 22.6 Å². The number of hydrogen-bond donors (Lipinski definition) is 2. The van der Waals surface area contributed by atoms with Gasteiger partial charge in [0.05, 0.1) is 29.1 Å². The second-order valence-electron chi connectivity index (χ2n) is 10.4. The Morgan fingerprint density at radius 1 is 1.22 bits per heavy atom. The number of benzene rings is 2. The first-order chi connectivity index (χ1) is 17.6. The molecule has 200 valence electrons. The third-order valence-corrected chi connectivity index (χ3v) is 7.80. The molecule has 0 bridgehead atoms. The number of nitrogens with one attached hydrogen (secondary N) is 1. The number of amides is 2. The van der Waals surface area contributed by atoms with Crippen molar-refractivity contribution in [2.75, 3.05) is 32.1 Å². The van der Waals surface area contributed by atoms with Crippen molar-refractivity contribution in [1.82, 2.24) is 9.80 Å². The largest absolute Gasteiger partial charge is 0.488 e. The van der Waals surface area contributed by atoms with Gasteiger partial charge in [-0.3, -0.25) is 14.5 Å². The fraction of sp³-hybridized carbons (Fsp3) is 0.500. The predicted octanol–water partition coefficient (Wildman–Crippen LogP) is 4.62. The number of carbonyl (C=O) groups excluding carboxylic acids is 2. The van der Waals surface area contributed by atoms with Crippen LogP contribution in [0.15, 0.2) is 36.4 Å². The molecule has 37 heavy (non-hydrogen) atoms. The standard InChI is InChI=1S/C28H35Cl2N3O4/c1-17-13-33(18(2)16-34)27(35)12-21-11-22(31-28(36)20-5-6-20)7-9-25(21)37-26(17)15-32(3)14-19-4-8-23(29)24(30)10-19/h4,7-11,17-18,20,26,34H,5-6,12-16H2,1-3H3,(H,31,36)/t17-,18+,26-/m1/s1. The van der Waals surface area contributed by atoms with Gasteiger partial charge in [0.1, 0.15) is 11.9 Å². The van der Waals surface area contributed by atoms with Crippen molar-refractivity contribution in [3.8, 4) is 5.75 Å². The average molecular weight is 549 g/mol. The lowest BCUT2D eigenvalue weighted by Crippen LogP contribution is -2.47. The number of likely N-dealkylation sites (N-methyl/N-ethyl adjacent to an activating group) is 1. The van der Waals surface area contributed by atoms with Crippen LogP contribution in [0, 0.1) is 11.8 Å². The highest BCUT2D eigenvalue weighted by Crippen LogP contribution is 2.33. The number of fused-ring (bicyclic) bond motifs is 1. The van der Waals surface area contributed by atoms with Crippen LogP contribution < -0.4 is 10.1 Å². The molecular weight excluding hydrogens is 513 g/mol. The SMILES string of the molecule is C[C@@H]1CN([C@@H](C)CO)C(=O)Cc2cc(NC(=O)C3CC3)ccc2O[C@@H]1CN(C)Cc1ccc(Cl)c(Cl)c1. The molecule has 9 heteroatoms. The van der Waals surface area contributed by atoms with Gasteiger partial charge in [0, 0.05) is 42.7 Å². The second kappa shape index (κ2) is 12.0. The van der Waals surface area contributed by atoms with Crippen molar-refractivity contribution in [2.45, 2.75) is 51.8 Å². The smallest absolute Gasteiger partial charge is 0.227 e. The first kappa shape index (κ1) is 27.7. The van der Waals surface area contributed by atoms with Crippen LogP contribution in [0.2, 0.25) is 10.0 Å². The fourth-order valence-electron chi connectivity index (χ4n) is 4.64. The Hall–Kier alpha value is -2.32. The molecule has 1 heterocycles. The van der Waals surface area contributed by atoms with Crippen LogP contribution in [0.5, 0.6) is 5.75 Å². The number of hydrogen-bond acceptors (Lipinski definition) is 5. The highest BCUT2D eigenvalue weighted by atomic mass is 35.5. The van der Waals surface area contributed by atoms with E-state index in [-0.39, 0.29) is 48.8 Å². The minimum Gasteiger partial charge on any atom is -0.488 e. The highest BCUT2D eigenvalue weighted by molar-refractivity contribution is 6.42. The van der Waals surface area contributed by atoms with Gasteiger partial charge in [0.2, 0.25) is 11.8 Å². The summed E-state index contributed by atoms with van der Waals surface area (Å²) in [6.07, 6.45) is 1.74. The summed E-state index contributed by atoms with van der Waals surface area (Å²) in [6.45, 7) is 5.52. The van der Waals surface area contributed by atoms with E-state index in [1.807, 2.05) is 44.3 Å². The Kier molecular flexibility index (Phi) is 9.01. The van der Waals surface area contributed by atoms with Gasteiger partial charge in [-0.1, -0.05) is 36.2 Å². The molecule has 1 aliphatic carbocycles. The summed E-state index contributed by atoms with van der Waals surface area (Å²) in [6, 6.07) is 10.8. The Morgan fingerprint density at radius 2 is 1.97 bits per heavy atom. The van der Waals surface area contributed by atoms with E-state index in [9.17, 15) is 14.7 Å². The van der Waals surface area contributed by atoms with Crippen molar-refractivity contribution in [3.63, 3.8) is 0 Å². The lowest BCUT2D eigenvalue weighted by Gasteiger charge is -2.34. The van der Waals surface area contributed by atoms with Crippen LogP contribution in [0.1, 0.15) is 37.8 Å². The van der Waals surface area contributed by atoms with Crippen LogP contribution in [-0.4, -0.2) is 65.6 Å². The summed E-state index contributed by atoms with van der Waals surface area (Å²) in [5, 5.41) is 13.8. The summed E-state index contributed by atoms with van der Waals surface area (Å²) in [4.78, 5) is 29.6. The number of aliphatic hydroxyl groups is 1. The molecule has 2 aromatic rings. The van der Waals surface area contributed by atoms with Crippen LogP contribution in [0.3, 0.4) is 0 Å². The van der Waals surface area contributed by atoms with Crippen molar-refractivity contribution in [2.24, 2.45) is 11.8 Å².